The van der Waals surface area contributed by atoms with E-state index in [1.807, 2.05) is 21.7 Å². The van der Waals surface area contributed by atoms with Gasteiger partial charge in [0.05, 0.1) is 0 Å². The summed E-state index contributed by atoms with van der Waals surface area (Å²) in [6.07, 6.45) is -0.321. The van der Waals surface area contributed by atoms with Crippen molar-refractivity contribution in [3.8, 4) is 0 Å². The van der Waals surface area contributed by atoms with Gasteiger partial charge in [0.15, 0.2) is 5.54 Å². The highest BCUT2D eigenvalue weighted by Gasteiger charge is 2.46. The molecule has 1 unspecified atom stereocenters. The third-order valence-corrected chi connectivity index (χ3v) is 4.22. The number of aliphatic carboxylic acids is 1. The topological polar surface area (TPSA) is 78.9 Å². The van der Waals surface area contributed by atoms with Crippen molar-refractivity contribution in [2.45, 2.75) is 44.9 Å². The Balaban J connectivity index is 2.01. The van der Waals surface area contributed by atoms with Gasteiger partial charge in [-0.1, -0.05) is 0 Å². The fraction of sp³-hybridized carbons (Fsp3) is 0.600. The quantitative estimate of drug-likeness (QED) is 0.887. The van der Waals surface area contributed by atoms with Crippen LogP contribution in [0.5, 0.6) is 0 Å². The normalized spacial score (nSPS) is 22.5. The predicted octanol–water partition coefficient (Wildman–Crippen LogP) is 2.30. The molecule has 1 saturated heterocycles. The van der Waals surface area contributed by atoms with Crippen LogP contribution in [0, 0.1) is 0 Å². The van der Waals surface area contributed by atoms with E-state index in [0.717, 1.165) is 5.56 Å². The van der Waals surface area contributed by atoms with E-state index in [0.29, 0.717) is 19.5 Å². The fourth-order valence-corrected chi connectivity index (χ4v) is 3.15. The van der Waals surface area contributed by atoms with Crippen molar-refractivity contribution in [1.29, 1.82) is 0 Å². The van der Waals surface area contributed by atoms with Crippen LogP contribution in [0.2, 0.25) is 0 Å². The third-order valence-electron chi connectivity index (χ3n) is 3.48. The molecule has 0 saturated carbocycles. The van der Waals surface area contributed by atoms with Crippen LogP contribution in [-0.2, 0) is 16.1 Å². The molecule has 1 atom stereocenters. The molecule has 1 aromatic heterocycles. The van der Waals surface area contributed by atoms with Crippen molar-refractivity contribution < 1.29 is 19.4 Å². The zero-order chi connectivity index (χ0) is 16.4. The van der Waals surface area contributed by atoms with Crippen LogP contribution in [0.15, 0.2) is 16.8 Å². The van der Waals surface area contributed by atoms with E-state index in [2.05, 4.69) is 5.32 Å². The summed E-state index contributed by atoms with van der Waals surface area (Å²) in [7, 11) is 0. The van der Waals surface area contributed by atoms with E-state index in [4.69, 9.17) is 4.74 Å². The lowest BCUT2D eigenvalue weighted by Gasteiger charge is -2.28. The Bertz CT molecular complexity index is 538. The molecule has 22 heavy (non-hydrogen) atoms. The first-order valence-electron chi connectivity index (χ1n) is 7.18. The molecule has 0 aliphatic carbocycles. The first-order valence-corrected chi connectivity index (χ1v) is 8.12. The summed E-state index contributed by atoms with van der Waals surface area (Å²) in [4.78, 5) is 25.6. The Morgan fingerprint density at radius 3 is 2.77 bits per heavy atom. The van der Waals surface area contributed by atoms with Gasteiger partial charge in [-0.15, -0.1) is 0 Å². The van der Waals surface area contributed by atoms with Gasteiger partial charge in [0.2, 0.25) is 0 Å². The molecular weight excluding hydrogens is 304 g/mol. The number of hydrogen-bond donors (Lipinski definition) is 2. The number of amides is 1. The average Bonchev–Trinajstić information content (AvgIpc) is 2.98. The van der Waals surface area contributed by atoms with Crippen molar-refractivity contribution in [3.05, 3.63) is 22.4 Å². The number of thiophene rings is 1. The minimum absolute atomic E-state index is 0.275. The summed E-state index contributed by atoms with van der Waals surface area (Å²) in [5, 5.41) is 16.2. The van der Waals surface area contributed by atoms with Crippen molar-refractivity contribution in [2.24, 2.45) is 0 Å². The van der Waals surface area contributed by atoms with Crippen LogP contribution in [-0.4, -0.2) is 46.3 Å². The molecule has 6 nitrogen and oxygen atoms in total. The van der Waals surface area contributed by atoms with E-state index in [-0.39, 0.29) is 6.54 Å². The van der Waals surface area contributed by atoms with Gasteiger partial charge in [0, 0.05) is 19.6 Å². The van der Waals surface area contributed by atoms with Gasteiger partial charge in [-0.2, -0.15) is 11.3 Å². The standard InChI is InChI=1S/C15H22N2O4S/c1-14(2,3)21-13(20)16-15(12(18)19)5-6-17(10-15)8-11-4-7-22-9-11/h4,7,9H,5-6,8,10H2,1-3H3,(H,16,20)(H,18,19). The average molecular weight is 326 g/mol. The maximum Gasteiger partial charge on any atom is 0.408 e. The Morgan fingerprint density at radius 1 is 1.50 bits per heavy atom. The third kappa shape index (κ3) is 4.20. The van der Waals surface area contributed by atoms with E-state index in [1.165, 1.54) is 0 Å². The number of nitrogens with one attached hydrogen (secondary N) is 1. The molecular formula is C15H22N2O4S. The van der Waals surface area contributed by atoms with Gasteiger partial charge in [0.1, 0.15) is 5.60 Å². The number of nitrogens with zero attached hydrogens (tertiary/aromatic N) is 1. The molecule has 0 radical (unpaired) electrons. The predicted molar refractivity (Wildman–Crippen MR) is 83.9 cm³/mol. The van der Waals surface area contributed by atoms with Crippen LogP contribution in [0.3, 0.4) is 0 Å². The Labute approximate surface area is 134 Å². The number of hydrogen-bond acceptors (Lipinski definition) is 5. The van der Waals surface area contributed by atoms with Crippen LogP contribution in [0.25, 0.3) is 0 Å². The summed E-state index contributed by atoms with van der Waals surface area (Å²) in [5.41, 5.74) is -0.777. The molecule has 1 aromatic rings. The highest BCUT2D eigenvalue weighted by atomic mass is 32.1. The Hall–Kier alpha value is -1.60. The summed E-state index contributed by atoms with van der Waals surface area (Å²) in [6, 6.07) is 2.02. The number of likely N-dealkylation sites (tertiary alicyclic amines) is 1. The molecule has 122 valence electrons. The molecule has 0 bridgehead atoms. The molecule has 1 amide bonds. The molecule has 2 rings (SSSR count). The molecule has 1 aliphatic rings. The summed E-state index contributed by atoms with van der Waals surface area (Å²) < 4.78 is 5.19. The zero-order valence-electron chi connectivity index (χ0n) is 13.1. The number of carboxylic acids is 1. The number of rotatable bonds is 4. The number of ether oxygens (including phenoxy) is 1. The number of carbonyl (C=O) groups excluding carboxylic acids is 1. The first-order chi connectivity index (χ1) is 10.2. The summed E-state index contributed by atoms with van der Waals surface area (Å²) >= 11 is 1.61. The van der Waals surface area contributed by atoms with Gasteiger partial charge >= 0.3 is 12.1 Å². The van der Waals surface area contributed by atoms with E-state index in [9.17, 15) is 14.7 Å². The maximum atomic E-state index is 11.9. The second-order valence-corrected chi connectivity index (χ2v) is 7.39. The van der Waals surface area contributed by atoms with Gasteiger partial charge in [-0.25, -0.2) is 9.59 Å². The highest BCUT2D eigenvalue weighted by molar-refractivity contribution is 7.07. The number of alkyl carbamates (subject to hydrolysis) is 1. The van der Waals surface area contributed by atoms with Gasteiger partial charge in [0.25, 0.3) is 0 Å². The molecule has 7 heteroatoms. The van der Waals surface area contributed by atoms with Crippen LogP contribution >= 0.6 is 11.3 Å². The minimum atomic E-state index is -1.28. The Morgan fingerprint density at radius 2 is 2.23 bits per heavy atom. The second-order valence-electron chi connectivity index (χ2n) is 6.61. The van der Waals surface area contributed by atoms with E-state index < -0.39 is 23.2 Å². The van der Waals surface area contributed by atoms with Gasteiger partial charge in [-0.05, 0) is 49.6 Å². The van der Waals surface area contributed by atoms with E-state index in [1.54, 1.807) is 32.1 Å². The molecule has 2 N–H and O–H groups in total. The molecule has 0 aromatic carbocycles. The van der Waals surface area contributed by atoms with Crippen molar-refractivity contribution >= 4 is 23.4 Å². The van der Waals surface area contributed by atoms with Crippen LogP contribution < -0.4 is 5.32 Å². The molecule has 0 spiro atoms. The fourth-order valence-electron chi connectivity index (χ4n) is 2.49. The summed E-state index contributed by atoms with van der Waals surface area (Å²) in [5.74, 6) is -1.02. The minimum Gasteiger partial charge on any atom is -0.479 e. The van der Waals surface area contributed by atoms with Crippen molar-refractivity contribution in [2.75, 3.05) is 13.1 Å². The lowest BCUT2D eigenvalue weighted by molar-refractivity contribution is -0.144. The first kappa shape index (κ1) is 16.8. The largest absolute Gasteiger partial charge is 0.479 e. The number of carboxylic acid groups (broad SMARTS) is 1. The number of carbonyl (C=O) groups is 2. The Kier molecular flexibility index (Phi) is 4.77. The zero-order valence-corrected chi connectivity index (χ0v) is 13.9. The monoisotopic (exact) mass is 326 g/mol. The lowest BCUT2D eigenvalue weighted by atomic mass is 9.99. The van der Waals surface area contributed by atoms with Crippen LogP contribution in [0.1, 0.15) is 32.8 Å². The molecule has 1 aliphatic heterocycles. The summed E-state index contributed by atoms with van der Waals surface area (Å²) in [6.45, 7) is 6.83. The SMILES string of the molecule is CC(C)(C)OC(=O)NC1(C(=O)O)CCN(Cc2ccsc2)C1. The lowest BCUT2D eigenvalue weighted by Crippen LogP contribution is -2.57. The second kappa shape index (κ2) is 6.26. The molecule has 2 heterocycles. The van der Waals surface area contributed by atoms with E-state index >= 15 is 0 Å². The van der Waals surface area contributed by atoms with Crippen molar-refractivity contribution in [3.63, 3.8) is 0 Å². The van der Waals surface area contributed by atoms with Crippen molar-refractivity contribution in [1.82, 2.24) is 10.2 Å². The highest BCUT2D eigenvalue weighted by Crippen LogP contribution is 2.25. The smallest absolute Gasteiger partial charge is 0.408 e. The van der Waals surface area contributed by atoms with Gasteiger partial charge in [-0.3, -0.25) is 4.90 Å². The van der Waals surface area contributed by atoms with Crippen LogP contribution in [0.4, 0.5) is 4.79 Å². The molecule has 1 fully saturated rings. The maximum absolute atomic E-state index is 11.9. The van der Waals surface area contributed by atoms with Gasteiger partial charge < -0.3 is 15.2 Å².